The van der Waals surface area contributed by atoms with E-state index in [4.69, 9.17) is 23.2 Å². The predicted molar refractivity (Wildman–Crippen MR) is 117 cm³/mol. The van der Waals surface area contributed by atoms with Gasteiger partial charge in [-0.25, -0.2) is 13.6 Å². The van der Waals surface area contributed by atoms with Crippen LogP contribution in [0.3, 0.4) is 0 Å². The zero-order chi connectivity index (χ0) is 23.9. The molecule has 8 nitrogen and oxygen atoms in total. The Bertz CT molecular complexity index is 1290. The lowest BCUT2D eigenvalue weighted by Crippen LogP contribution is -2.38. The maximum Gasteiger partial charge on any atom is 0.342 e. The van der Waals surface area contributed by atoms with E-state index < -0.39 is 35.5 Å². The van der Waals surface area contributed by atoms with Gasteiger partial charge in [-0.2, -0.15) is 4.68 Å². The van der Waals surface area contributed by atoms with Crippen LogP contribution >= 0.6 is 23.2 Å². The van der Waals surface area contributed by atoms with Gasteiger partial charge in [-0.1, -0.05) is 23.2 Å². The minimum atomic E-state index is -1.02. The number of halogens is 4. The number of benzene rings is 2. The highest BCUT2D eigenvalue weighted by molar-refractivity contribution is 6.31. The molecule has 0 spiro atoms. The molecule has 0 fully saturated rings. The first-order valence-electron chi connectivity index (χ1n) is 9.53. The van der Waals surface area contributed by atoms with Crippen molar-refractivity contribution in [2.75, 3.05) is 12.4 Å². The summed E-state index contributed by atoms with van der Waals surface area (Å²) >= 11 is 12.1. The first kappa shape index (κ1) is 22.7. The molecular weight excluding hydrogens is 479 g/mol. The van der Waals surface area contributed by atoms with Crippen LogP contribution in [0.2, 0.25) is 10.0 Å². The van der Waals surface area contributed by atoms with Gasteiger partial charge in [-0.3, -0.25) is 9.59 Å². The van der Waals surface area contributed by atoms with Crippen molar-refractivity contribution in [3.63, 3.8) is 0 Å². The quantitative estimate of drug-likeness (QED) is 0.517. The minimum Gasteiger partial charge on any atom is -0.345 e. The van der Waals surface area contributed by atoms with Crippen LogP contribution in [0, 0.1) is 11.6 Å². The summed E-state index contributed by atoms with van der Waals surface area (Å²) in [6.45, 7) is 0. The molecule has 33 heavy (non-hydrogen) atoms. The fourth-order valence-corrected chi connectivity index (χ4v) is 4.02. The van der Waals surface area contributed by atoms with Crippen LogP contribution in [-0.4, -0.2) is 34.7 Å². The highest BCUT2D eigenvalue weighted by atomic mass is 35.5. The normalized spacial score (nSPS) is 14.9. The minimum absolute atomic E-state index is 0.00903. The number of hydrogen-bond donors (Lipinski definition) is 3. The van der Waals surface area contributed by atoms with Gasteiger partial charge >= 0.3 is 6.03 Å². The van der Waals surface area contributed by atoms with Crippen molar-refractivity contribution in [1.29, 1.82) is 0 Å². The summed E-state index contributed by atoms with van der Waals surface area (Å²) < 4.78 is 28.7. The van der Waals surface area contributed by atoms with E-state index in [-0.39, 0.29) is 44.7 Å². The standard InChI is InChI=1S/C21H15Cl2F2N5O3/c1-26-21(33)30-15-8-16(31)27-18(13-7-11(24)2-3-14(13)23)17(15)19(29-30)28-20(32)9-4-10(22)6-12(25)5-9/h2-7,18H,8H2,1H3,(H,26,33)(H,27,31)(H,28,29,32). The van der Waals surface area contributed by atoms with Crippen LogP contribution in [0.5, 0.6) is 0 Å². The Balaban J connectivity index is 1.86. The summed E-state index contributed by atoms with van der Waals surface area (Å²) in [4.78, 5) is 37.7. The number of nitrogens with one attached hydrogen (secondary N) is 3. The van der Waals surface area contributed by atoms with Crippen LogP contribution in [-0.2, 0) is 11.2 Å². The van der Waals surface area contributed by atoms with E-state index in [1.54, 1.807) is 0 Å². The van der Waals surface area contributed by atoms with Crippen molar-refractivity contribution in [2.24, 2.45) is 0 Å². The zero-order valence-electron chi connectivity index (χ0n) is 16.9. The summed E-state index contributed by atoms with van der Waals surface area (Å²) in [7, 11) is 1.37. The highest BCUT2D eigenvalue weighted by Gasteiger charge is 2.36. The van der Waals surface area contributed by atoms with E-state index in [0.29, 0.717) is 0 Å². The van der Waals surface area contributed by atoms with Gasteiger partial charge in [0.1, 0.15) is 11.6 Å². The molecule has 1 atom stereocenters. The molecule has 0 saturated heterocycles. The number of fused-ring (bicyclic) bond motifs is 1. The van der Waals surface area contributed by atoms with Crippen LogP contribution in [0.1, 0.15) is 33.2 Å². The van der Waals surface area contributed by atoms with Gasteiger partial charge in [0.25, 0.3) is 5.91 Å². The molecule has 0 saturated carbocycles. The first-order valence-corrected chi connectivity index (χ1v) is 10.3. The van der Waals surface area contributed by atoms with E-state index in [1.807, 2.05) is 0 Å². The van der Waals surface area contributed by atoms with Gasteiger partial charge in [-0.05, 0) is 36.4 Å². The smallest absolute Gasteiger partial charge is 0.342 e. The van der Waals surface area contributed by atoms with E-state index in [2.05, 4.69) is 21.0 Å². The summed E-state index contributed by atoms with van der Waals surface area (Å²) in [5, 5.41) is 11.9. The number of carbonyl (C=O) groups excluding carboxylic acids is 3. The summed E-state index contributed by atoms with van der Waals surface area (Å²) in [5.41, 5.74) is 0.521. The van der Waals surface area contributed by atoms with Gasteiger partial charge in [-0.15, -0.1) is 5.10 Å². The number of aromatic nitrogens is 2. The lowest BCUT2D eigenvalue weighted by atomic mass is 9.93. The second-order valence-corrected chi connectivity index (χ2v) is 7.97. The van der Waals surface area contributed by atoms with Crippen LogP contribution < -0.4 is 16.0 Å². The monoisotopic (exact) mass is 493 g/mol. The molecule has 2 aromatic carbocycles. The number of anilines is 1. The van der Waals surface area contributed by atoms with Crippen molar-refractivity contribution in [1.82, 2.24) is 20.4 Å². The van der Waals surface area contributed by atoms with Gasteiger partial charge in [0.05, 0.1) is 18.2 Å². The van der Waals surface area contributed by atoms with Gasteiger partial charge in [0, 0.05) is 33.8 Å². The van der Waals surface area contributed by atoms with Crippen LogP contribution in [0.15, 0.2) is 36.4 Å². The molecule has 1 aliphatic rings. The Morgan fingerprint density at radius 1 is 1.15 bits per heavy atom. The third-order valence-electron chi connectivity index (χ3n) is 4.98. The Hall–Kier alpha value is -3.50. The third-order valence-corrected chi connectivity index (χ3v) is 5.54. The first-order chi connectivity index (χ1) is 15.7. The number of carbonyl (C=O) groups is 3. The van der Waals surface area contributed by atoms with Crippen molar-refractivity contribution < 1.29 is 23.2 Å². The fraction of sp³-hybridized carbons (Fsp3) is 0.143. The lowest BCUT2D eigenvalue weighted by molar-refractivity contribution is -0.121. The number of nitrogens with zero attached hydrogens (tertiary/aromatic N) is 2. The van der Waals surface area contributed by atoms with Crippen molar-refractivity contribution in [2.45, 2.75) is 12.5 Å². The van der Waals surface area contributed by atoms with E-state index in [0.717, 1.165) is 28.9 Å². The van der Waals surface area contributed by atoms with Gasteiger partial charge in [0.15, 0.2) is 5.82 Å². The molecule has 1 aromatic heterocycles. The summed E-state index contributed by atoms with van der Waals surface area (Å²) in [6, 6.07) is 5.20. The Labute approximate surface area is 195 Å². The highest BCUT2D eigenvalue weighted by Crippen LogP contribution is 2.38. The molecule has 1 unspecified atom stereocenters. The molecule has 3 amide bonds. The molecule has 0 bridgehead atoms. The van der Waals surface area contributed by atoms with Gasteiger partial charge < -0.3 is 16.0 Å². The molecule has 3 aromatic rings. The third kappa shape index (κ3) is 4.39. The Kier molecular flexibility index (Phi) is 6.05. The second kappa shape index (κ2) is 8.80. The zero-order valence-corrected chi connectivity index (χ0v) is 18.4. The Morgan fingerprint density at radius 3 is 2.61 bits per heavy atom. The van der Waals surface area contributed by atoms with E-state index in [1.165, 1.54) is 19.2 Å². The van der Waals surface area contributed by atoms with Gasteiger partial charge in [0.2, 0.25) is 5.91 Å². The molecule has 0 radical (unpaired) electrons. The van der Waals surface area contributed by atoms with Crippen LogP contribution in [0.4, 0.5) is 19.4 Å². The lowest BCUT2D eigenvalue weighted by Gasteiger charge is -2.26. The molecule has 3 N–H and O–H groups in total. The molecule has 0 aliphatic carbocycles. The molecule has 2 heterocycles. The largest absolute Gasteiger partial charge is 0.345 e. The topological polar surface area (TPSA) is 105 Å². The fourth-order valence-electron chi connectivity index (χ4n) is 3.57. The maximum atomic E-state index is 14.0. The molecule has 12 heteroatoms. The average Bonchev–Trinajstić information content (AvgIpc) is 3.11. The van der Waals surface area contributed by atoms with Crippen molar-refractivity contribution in [3.05, 3.63) is 80.5 Å². The van der Waals surface area contributed by atoms with Crippen LogP contribution in [0.25, 0.3) is 0 Å². The number of rotatable bonds is 3. The second-order valence-electron chi connectivity index (χ2n) is 7.13. The Morgan fingerprint density at radius 2 is 1.91 bits per heavy atom. The number of hydrogen-bond acceptors (Lipinski definition) is 4. The van der Waals surface area contributed by atoms with Crippen molar-refractivity contribution >= 4 is 46.9 Å². The molecule has 170 valence electrons. The average molecular weight is 494 g/mol. The van der Waals surface area contributed by atoms with Crippen molar-refractivity contribution in [3.8, 4) is 0 Å². The molecular formula is C21H15Cl2F2N5O3. The summed E-state index contributed by atoms with van der Waals surface area (Å²) in [5.74, 6) is -2.64. The molecule has 4 rings (SSSR count). The van der Waals surface area contributed by atoms with E-state index in [9.17, 15) is 23.2 Å². The molecule has 1 aliphatic heterocycles. The predicted octanol–water partition coefficient (Wildman–Crippen LogP) is 3.67. The maximum absolute atomic E-state index is 14.0. The SMILES string of the molecule is CNC(=O)n1nc(NC(=O)c2cc(F)cc(Cl)c2)c2c1CC(=O)NC2c1cc(F)ccc1Cl. The summed E-state index contributed by atoms with van der Waals surface area (Å²) in [6.07, 6.45) is -0.235. The number of amides is 3. The van der Waals surface area contributed by atoms with E-state index >= 15 is 0 Å².